The van der Waals surface area contributed by atoms with Crippen molar-refractivity contribution in [2.24, 2.45) is 0 Å². The van der Waals surface area contributed by atoms with Crippen LogP contribution in [0.3, 0.4) is 0 Å². The molecule has 0 spiro atoms. The fourth-order valence-electron chi connectivity index (χ4n) is 1.25. The second-order valence-electron chi connectivity index (χ2n) is 3.24. The van der Waals surface area contributed by atoms with Crippen LogP contribution >= 0.6 is 11.3 Å². The minimum Gasteiger partial charge on any atom is -0.462 e. The maximum Gasteiger partial charge on any atom is 0.349 e. The van der Waals surface area contributed by atoms with Crippen molar-refractivity contribution in [3.05, 3.63) is 27.5 Å². The number of carbonyl (C=O) groups excluding carboxylic acids is 1. The Hall–Kier alpha value is -1.60. The zero-order chi connectivity index (χ0) is 12.1. The van der Waals surface area contributed by atoms with Crippen molar-refractivity contribution in [3.8, 4) is 6.07 Å². The zero-order valence-electron chi connectivity index (χ0n) is 9.53. The standard InChI is InChI=1S/C12H13NO2S/c1-4-15-12(14)10(7-13)9(3)11-6-5-8(2)16-11/h5-6H,4H2,1-3H3. The lowest BCUT2D eigenvalue weighted by atomic mass is 10.1. The summed E-state index contributed by atoms with van der Waals surface area (Å²) in [6, 6.07) is 5.78. The van der Waals surface area contributed by atoms with Gasteiger partial charge in [-0.1, -0.05) is 0 Å². The zero-order valence-corrected chi connectivity index (χ0v) is 10.4. The Morgan fingerprint density at radius 1 is 1.56 bits per heavy atom. The summed E-state index contributed by atoms with van der Waals surface area (Å²) < 4.78 is 4.83. The summed E-state index contributed by atoms with van der Waals surface area (Å²) in [5, 5.41) is 8.96. The Morgan fingerprint density at radius 3 is 2.69 bits per heavy atom. The predicted molar refractivity (Wildman–Crippen MR) is 63.9 cm³/mol. The van der Waals surface area contributed by atoms with E-state index in [-0.39, 0.29) is 12.2 Å². The predicted octanol–water partition coefficient (Wildman–Crippen LogP) is 2.92. The summed E-state index contributed by atoms with van der Waals surface area (Å²) in [6.07, 6.45) is 0. The number of allylic oxidation sites excluding steroid dienone is 1. The molecular weight excluding hydrogens is 222 g/mol. The van der Waals surface area contributed by atoms with Gasteiger partial charge in [-0.05, 0) is 38.5 Å². The Bertz CT molecular complexity index is 466. The molecule has 0 fully saturated rings. The summed E-state index contributed by atoms with van der Waals surface area (Å²) >= 11 is 1.56. The van der Waals surface area contributed by atoms with Crippen molar-refractivity contribution in [1.82, 2.24) is 0 Å². The third kappa shape index (κ3) is 2.71. The van der Waals surface area contributed by atoms with E-state index in [0.717, 1.165) is 9.75 Å². The van der Waals surface area contributed by atoms with Gasteiger partial charge in [0.05, 0.1) is 6.61 Å². The highest BCUT2D eigenvalue weighted by Crippen LogP contribution is 2.26. The number of hydrogen-bond donors (Lipinski definition) is 0. The topological polar surface area (TPSA) is 50.1 Å². The van der Waals surface area contributed by atoms with Crippen LogP contribution in [0.5, 0.6) is 0 Å². The van der Waals surface area contributed by atoms with E-state index >= 15 is 0 Å². The molecule has 0 aromatic carbocycles. The van der Waals surface area contributed by atoms with Crippen LogP contribution in [-0.2, 0) is 9.53 Å². The molecule has 0 atom stereocenters. The van der Waals surface area contributed by atoms with Crippen LogP contribution in [0.25, 0.3) is 5.57 Å². The third-order valence-electron chi connectivity index (χ3n) is 2.08. The average Bonchev–Trinajstić information content (AvgIpc) is 2.66. The lowest BCUT2D eigenvalue weighted by Gasteiger charge is -2.03. The average molecular weight is 235 g/mol. The first kappa shape index (κ1) is 12.5. The summed E-state index contributed by atoms with van der Waals surface area (Å²) in [5.41, 5.74) is 0.766. The molecule has 0 aliphatic rings. The van der Waals surface area contributed by atoms with Gasteiger partial charge in [-0.2, -0.15) is 5.26 Å². The van der Waals surface area contributed by atoms with Gasteiger partial charge < -0.3 is 4.74 Å². The second-order valence-corrected chi connectivity index (χ2v) is 4.53. The molecule has 1 rings (SSSR count). The van der Waals surface area contributed by atoms with Crippen molar-refractivity contribution in [3.63, 3.8) is 0 Å². The van der Waals surface area contributed by atoms with Crippen LogP contribution in [0.1, 0.15) is 23.6 Å². The Kier molecular flexibility index (Phi) is 4.27. The van der Waals surface area contributed by atoms with Crippen LogP contribution in [0.4, 0.5) is 0 Å². The monoisotopic (exact) mass is 235 g/mol. The molecule has 84 valence electrons. The number of esters is 1. The van der Waals surface area contributed by atoms with Gasteiger partial charge in [-0.3, -0.25) is 0 Å². The Balaban J connectivity index is 3.10. The number of nitrogens with zero attached hydrogens (tertiary/aromatic N) is 1. The molecule has 0 amide bonds. The maximum atomic E-state index is 11.5. The van der Waals surface area contributed by atoms with Gasteiger partial charge in [-0.15, -0.1) is 11.3 Å². The van der Waals surface area contributed by atoms with Crippen molar-refractivity contribution in [2.75, 3.05) is 6.61 Å². The molecule has 3 nitrogen and oxygen atoms in total. The van der Waals surface area contributed by atoms with Crippen LogP contribution < -0.4 is 0 Å². The van der Waals surface area contributed by atoms with E-state index in [9.17, 15) is 4.79 Å². The quantitative estimate of drug-likeness (QED) is 0.460. The molecular formula is C12H13NO2S. The number of aryl methyl sites for hydroxylation is 1. The van der Waals surface area contributed by atoms with Crippen LogP contribution in [0.15, 0.2) is 17.7 Å². The van der Waals surface area contributed by atoms with Gasteiger partial charge in [-0.25, -0.2) is 4.79 Å². The summed E-state index contributed by atoms with van der Waals surface area (Å²) in [5.74, 6) is -0.548. The third-order valence-corrected chi connectivity index (χ3v) is 3.20. The van der Waals surface area contributed by atoms with Gasteiger partial charge >= 0.3 is 5.97 Å². The van der Waals surface area contributed by atoms with Crippen LogP contribution in [0.2, 0.25) is 0 Å². The molecule has 4 heteroatoms. The highest BCUT2D eigenvalue weighted by molar-refractivity contribution is 7.13. The SMILES string of the molecule is CCOC(=O)C(C#N)=C(C)c1ccc(C)s1. The van der Waals surface area contributed by atoms with Crippen molar-refractivity contribution in [2.45, 2.75) is 20.8 Å². The van der Waals surface area contributed by atoms with E-state index in [4.69, 9.17) is 10.00 Å². The fraction of sp³-hybridized carbons (Fsp3) is 0.333. The van der Waals surface area contributed by atoms with Gasteiger partial charge in [0.25, 0.3) is 0 Å². The summed E-state index contributed by atoms with van der Waals surface area (Å²) in [6.45, 7) is 5.75. The molecule has 0 aliphatic carbocycles. The molecule has 0 N–H and O–H groups in total. The smallest absolute Gasteiger partial charge is 0.349 e. The van der Waals surface area contributed by atoms with E-state index in [1.807, 2.05) is 25.1 Å². The number of rotatable bonds is 3. The molecule has 16 heavy (non-hydrogen) atoms. The number of ether oxygens (including phenoxy) is 1. The molecule has 0 saturated carbocycles. The van der Waals surface area contributed by atoms with Crippen molar-refractivity contribution >= 4 is 22.9 Å². The molecule has 0 radical (unpaired) electrons. The highest BCUT2D eigenvalue weighted by Gasteiger charge is 2.15. The number of hydrogen-bond acceptors (Lipinski definition) is 4. The summed E-state index contributed by atoms with van der Waals surface area (Å²) in [7, 11) is 0. The molecule has 1 aromatic heterocycles. The molecule has 0 bridgehead atoms. The number of carbonyl (C=O) groups is 1. The minimum absolute atomic E-state index is 0.0868. The highest BCUT2D eigenvalue weighted by atomic mass is 32.1. The van der Waals surface area contributed by atoms with Crippen LogP contribution in [0, 0.1) is 18.3 Å². The van der Waals surface area contributed by atoms with Gasteiger partial charge in [0.15, 0.2) is 0 Å². The molecule has 0 saturated heterocycles. The largest absolute Gasteiger partial charge is 0.462 e. The van der Waals surface area contributed by atoms with E-state index in [0.29, 0.717) is 5.57 Å². The lowest BCUT2D eigenvalue weighted by molar-refractivity contribution is -0.137. The van der Waals surface area contributed by atoms with Gasteiger partial charge in [0, 0.05) is 9.75 Å². The molecule has 0 aliphatic heterocycles. The number of nitriles is 1. The minimum atomic E-state index is -0.548. The number of thiophene rings is 1. The first-order valence-corrected chi connectivity index (χ1v) is 5.76. The molecule has 0 unspecified atom stereocenters. The normalized spacial score (nSPS) is 11.6. The summed E-state index contributed by atoms with van der Waals surface area (Å²) in [4.78, 5) is 13.6. The first-order valence-electron chi connectivity index (χ1n) is 4.95. The van der Waals surface area contributed by atoms with Gasteiger partial charge in [0.2, 0.25) is 0 Å². The molecule has 1 aromatic rings. The lowest BCUT2D eigenvalue weighted by Crippen LogP contribution is -2.07. The van der Waals surface area contributed by atoms with E-state index < -0.39 is 5.97 Å². The van der Waals surface area contributed by atoms with Gasteiger partial charge in [0.1, 0.15) is 11.6 Å². The fourth-order valence-corrected chi connectivity index (χ4v) is 2.12. The first-order chi connectivity index (χ1) is 7.60. The van der Waals surface area contributed by atoms with Crippen LogP contribution in [-0.4, -0.2) is 12.6 Å². The second kappa shape index (κ2) is 5.47. The van der Waals surface area contributed by atoms with E-state index in [1.54, 1.807) is 25.2 Å². The molecule has 1 heterocycles. The van der Waals surface area contributed by atoms with E-state index in [2.05, 4.69) is 0 Å². The maximum absolute atomic E-state index is 11.5. The van der Waals surface area contributed by atoms with Crippen molar-refractivity contribution < 1.29 is 9.53 Å². The Morgan fingerprint density at radius 2 is 2.25 bits per heavy atom. The van der Waals surface area contributed by atoms with Crippen molar-refractivity contribution in [1.29, 1.82) is 5.26 Å². The van der Waals surface area contributed by atoms with E-state index in [1.165, 1.54) is 0 Å². The Labute approximate surface area is 99.0 Å².